The summed E-state index contributed by atoms with van der Waals surface area (Å²) >= 11 is 1.15. The predicted octanol–water partition coefficient (Wildman–Crippen LogP) is 2.47. The molecule has 1 aliphatic rings. The Morgan fingerprint density at radius 1 is 1.34 bits per heavy atom. The quantitative estimate of drug-likeness (QED) is 0.520. The van der Waals surface area contributed by atoms with Crippen LogP contribution in [0.3, 0.4) is 0 Å². The van der Waals surface area contributed by atoms with Crippen molar-refractivity contribution < 1.29 is 18.7 Å². The number of aromatic nitrogens is 4. The number of hydrogen-bond donors (Lipinski definition) is 2. The third-order valence-electron chi connectivity index (χ3n) is 5.36. The van der Waals surface area contributed by atoms with Gasteiger partial charge in [0.15, 0.2) is 5.76 Å². The van der Waals surface area contributed by atoms with Crippen LogP contribution in [-0.4, -0.2) is 52.8 Å². The zero-order valence-corrected chi connectivity index (χ0v) is 18.8. The summed E-state index contributed by atoms with van der Waals surface area (Å²) in [4.78, 5) is 25.2. The Labute approximate surface area is 187 Å². The first-order valence-electron chi connectivity index (χ1n) is 10.1. The third-order valence-corrected chi connectivity index (χ3v) is 6.18. The highest BCUT2D eigenvalue weighted by molar-refractivity contribution is 7.17. The molecule has 2 atom stereocenters. The molecule has 1 saturated carbocycles. The maximum absolute atomic E-state index is 12.8. The summed E-state index contributed by atoms with van der Waals surface area (Å²) in [6, 6.07) is 3.41. The maximum atomic E-state index is 12.8. The Balaban J connectivity index is 1.54. The molecule has 170 valence electrons. The molecule has 0 unspecified atom stereocenters. The van der Waals surface area contributed by atoms with Crippen molar-refractivity contribution in [3.05, 3.63) is 40.2 Å². The second kappa shape index (κ2) is 9.49. The first-order valence-corrected chi connectivity index (χ1v) is 10.9. The van der Waals surface area contributed by atoms with Crippen molar-refractivity contribution in [3.63, 3.8) is 0 Å². The standard InChI is InChI=1S/C20H24N6O5S/c1-11-7-8-21-26(11)20-25-24-19(32-20)23-17(27)15-9-14(16(30-3)18(28)31-15)22-13-6-4-5-12(13)10-29-2/h7-9,12-13,22H,4-6,10H2,1-3H3,(H,23,24,27)/t12-,13-/m0/s1. The minimum Gasteiger partial charge on any atom is -0.488 e. The number of anilines is 2. The monoisotopic (exact) mass is 460 g/mol. The van der Waals surface area contributed by atoms with Crippen LogP contribution < -0.4 is 21.0 Å². The fraction of sp³-hybridized carbons (Fsp3) is 0.450. The number of ether oxygens (including phenoxy) is 2. The third kappa shape index (κ3) is 4.50. The summed E-state index contributed by atoms with van der Waals surface area (Å²) < 4.78 is 17.3. The first-order chi connectivity index (χ1) is 15.5. The number of carbonyl (C=O) groups is 1. The molecule has 32 heavy (non-hydrogen) atoms. The van der Waals surface area contributed by atoms with Gasteiger partial charge in [-0.05, 0) is 25.8 Å². The zero-order valence-electron chi connectivity index (χ0n) is 18.0. The fourth-order valence-electron chi connectivity index (χ4n) is 3.81. The molecule has 0 aliphatic heterocycles. The van der Waals surface area contributed by atoms with E-state index in [0.717, 1.165) is 36.3 Å². The SMILES string of the molecule is COC[C@@H]1CCC[C@@H]1Nc1cc(C(=O)Nc2nnc(-n3nccc3C)s2)oc(=O)c1OC. The Morgan fingerprint density at radius 2 is 2.19 bits per heavy atom. The van der Waals surface area contributed by atoms with Gasteiger partial charge in [0.2, 0.25) is 16.0 Å². The molecular weight excluding hydrogens is 436 g/mol. The minimum atomic E-state index is -0.742. The molecule has 1 amide bonds. The molecule has 0 aromatic carbocycles. The number of methoxy groups -OCH3 is 2. The highest BCUT2D eigenvalue weighted by Gasteiger charge is 2.29. The zero-order chi connectivity index (χ0) is 22.7. The summed E-state index contributed by atoms with van der Waals surface area (Å²) in [6.07, 6.45) is 4.66. The van der Waals surface area contributed by atoms with Crippen LogP contribution in [-0.2, 0) is 4.74 Å². The molecule has 12 heteroatoms. The van der Waals surface area contributed by atoms with Crippen LogP contribution in [0.2, 0.25) is 0 Å². The van der Waals surface area contributed by atoms with E-state index in [1.165, 1.54) is 13.2 Å². The van der Waals surface area contributed by atoms with E-state index in [1.54, 1.807) is 18.0 Å². The number of aryl methyl sites for hydroxylation is 1. The molecule has 1 aliphatic carbocycles. The second-order valence-electron chi connectivity index (χ2n) is 7.47. The van der Waals surface area contributed by atoms with E-state index in [2.05, 4.69) is 25.9 Å². The normalized spacial score (nSPS) is 18.0. The van der Waals surface area contributed by atoms with Crippen LogP contribution in [0.1, 0.15) is 35.5 Å². The molecule has 0 spiro atoms. The van der Waals surface area contributed by atoms with E-state index >= 15 is 0 Å². The van der Waals surface area contributed by atoms with Gasteiger partial charge in [-0.1, -0.05) is 17.8 Å². The van der Waals surface area contributed by atoms with Gasteiger partial charge in [0, 0.05) is 37.0 Å². The van der Waals surface area contributed by atoms with Gasteiger partial charge in [-0.2, -0.15) is 5.10 Å². The minimum absolute atomic E-state index is 0.0250. The van der Waals surface area contributed by atoms with Gasteiger partial charge in [0.25, 0.3) is 5.91 Å². The molecule has 3 aromatic heterocycles. The van der Waals surface area contributed by atoms with Crippen LogP contribution in [0.4, 0.5) is 10.8 Å². The van der Waals surface area contributed by atoms with Gasteiger partial charge in [0.1, 0.15) is 0 Å². The average Bonchev–Trinajstić information content (AvgIpc) is 3.50. The summed E-state index contributed by atoms with van der Waals surface area (Å²) in [6.45, 7) is 2.50. The van der Waals surface area contributed by atoms with Crippen molar-refractivity contribution >= 4 is 28.1 Å². The van der Waals surface area contributed by atoms with Crippen molar-refractivity contribution in [1.82, 2.24) is 20.0 Å². The van der Waals surface area contributed by atoms with Crippen molar-refractivity contribution in [3.8, 4) is 10.9 Å². The van der Waals surface area contributed by atoms with Crippen molar-refractivity contribution in [2.75, 3.05) is 31.5 Å². The van der Waals surface area contributed by atoms with Crippen molar-refractivity contribution in [2.45, 2.75) is 32.2 Å². The van der Waals surface area contributed by atoms with E-state index in [1.807, 2.05) is 13.0 Å². The second-order valence-corrected chi connectivity index (χ2v) is 8.43. The summed E-state index contributed by atoms with van der Waals surface area (Å²) in [5.74, 6) is -0.448. The topological polar surface area (TPSA) is 133 Å². The highest BCUT2D eigenvalue weighted by atomic mass is 32.1. The number of hydrogen-bond acceptors (Lipinski definition) is 10. The Bertz CT molecular complexity index is 1160. The van der Waals surface area contributed by atoms with Crippen molar-refractivity contribution in [2.24, 2.45) is 5.92 Å². The van der Waals surface area contributed by atoms with Gasteiger partial charge in [-0.15, -0.1) is 10.2 Å². The molecule has 4 rings (SSSR count). The lowest BCUT2D eigenvalue weighted by molar-refractivity contribution is 0.0991. The molecule has 11 nitrogen and oxygen atoms in total. The number of rotatable bonds is 8. The van der Waals surface area contributed by atoms with Crippen LogP contribution in [0.15, 0.2) is 27.5 Å². The van der Waals surface area contributed by atoms with E-state index in [0.29, 0.717) is 23.3 Å². The number of amides is 1. The van der Waals surface area contributed by atoms with E-state index in [4.69, 9.17) is 13.9 Å². The van der Waals surface area contributed by atoms with Gasteiger partial charge in [-0.25, -0.2) is 9.48 Å². The highest BCUT2D eigenvalue weighted by Crippen LogP contribution is 2.32. The average molecular weight is 461 g/mol. The molecule has 3 aromatic rings. The maximum Gasteiger partial charge on any atom is 0.381 e. The molecule has 2 N–H and O–H groups in total. The molecule has 1 fully saturated rings. The van der Waals surface area contributed by atoms with Gasteiger partial charge < -0.3 is 19.2 Å². The van der Waals surface area contributed by atoms with E-state index in [9.17, 15) is 9.59 Å². The fourth-order valence-corrected chi connectivity index (χ4v) is 4.57. The summed E-state index contributed by atoms with van der Waals surface area (Å²) in [5, 5.41) is 18.9. The Hall–Kier alpha value is -3.25. The van der Waals surface area contributed by atoms with Crippen LogP contribution in [0.25, 0.3) is 5.13 Å². The van der Waals surface area contributed by atoms with Crippen LogP contribution in [0, 0.1) is 12.8 Å². The van der Waals surface area contributed by atoms with Gasteiger partial charge in [-0.3, -0.25) is 10.1 Å². The molecule has 0 saturated heterocycles. The van der Waals surface area contributed by atoms with Gasteiger partial charge in [0.05, 0.1) is 19.4 Å². The lowest BCUT2D eigenvalue weighted by Crippen LogP contribution is -2.28. The Morgan fingerprint density at radius 3 is 2.91 bits per heavy atom. The lowest BCUT2D eigenvalue weighted by atomic mass is 10.0. The summed E-state index contributed by atoms with van der Waals surface area (Å²) in [7, 11) is 3.06. The number of nitrogens with one attached hydrogen (secondary N) is 2. The predicted molar refractivity (Wildman–Crippen MR) is 118 cm³/mol. The first kappa shape index (κ1) is 22.0. The van der Waals surface area contributed by atoms with Crippen molar-refractivity contribution in [1.29, 1.82) is 0 Å². The largest absolute Gasteiger partial charge is 0.488 e. The molecule has 0 radical (unpaired) electrons. The van der Waals surface area contributed by atoms with Gasteiger partial charge >= 0.3 is 5.63 Å². The van der Waals surface area contributed by atoms with Crippen LogP contribution >= 0.6 is 11.3 Å². The Kier molecular flexibility index (Phi) is 6.51. The molecular formula is C20H24N6O5S. The smallest absolute Gasteiger partial charge is 0.381 e. The lowest BCUT2D eigenvalue weighted by Gasteiger charge is -2.22. The molecule has 3 heterocycles. The van der Waals surface area contributed by atoms with E-state index in [-0.39, 0.29) is 22.7 Å². The number of carbonyl (C=O) groups excluding carboxylic acids is 1. The summed E-state index contributed by atoms with van der Waals surface area (Å²) in [5.41, 5.74) is 0.552. The van der Waals surface area contributed by atoms with E-state index < -0.39 is 11.5 Å². The molecule has 0 bridgehead atoms. The number of nitrogens with zero attached hydrogens (tertiary/aromatic N) is 4. The van der Waals surface area contributed by atoms with Crippen LogP contribution in [0.5, 0.6) is 5.75 Å².